The van der Waals surface area contributed by atoms with E-state index in [-0.39, 0.29) is 12.5 Å². The summed E-state index contributed by atoms with van der Waals surface area (Å²) in [5.74, 6) is 0.629. The summed E-state index contributed by atoms with van der Waals surface area (Å²) < 4.78 is 0. The van der Waals surface area contributed by atoms with Crippen LogP contribution in [0.5, 0.6) is 0 Å². The van der Waals surface area contributed by atoms with Gasteiger partial charge in [-0.1, -0.05) is 6.07 Å². The zero-order valence-electron chi connectivity index (χ0n) is 14.1. The van der Waals surface area contributed by atoms with Gasteiger partial charge >= 0.3 is 0 Å². The maximum atomic E-state index is 12.4. The van der Waals surface area contributed by atoms with Crippen LogP contribution in [0.3, 0.4) is 0 Å². The topological polar surface area (TPSA) is 78.4 Å². The van der Waals surface area contributed by atoms with E-state index in [1.165, 1.54) is 17.5 Å². The van der Waals surface area contributed by atoms with Crippen molar-refractivity contribution in [2.45, 2.75) is 31.3 Å². The third-order valence-corrected chi connectivity index (χ3v) is 5.14. The molecule has 1 fully saturated rings. The van der Waals surface area contributed by atoms with Crippen LogP contribution in [0.4, 0.5) is 5.82 Å². The summed E-state index contributed by atoms with van der Waals surface area (Å²) in [5.41, 5.74) is 2.36. The average molecular weight is 338 g/mol. The first-order valence-electron chi connectivity index (χ1n) is 8.76. The molecule has 6 heteroatoms. The zero-order chi connectivity index (χ0) is 17.3. The summed E-state index contributed by atoms with van der Waals surface area (Å²) in [5, 5.41) is 13.7. The SMILES string of the molecule is O=C(NC[C@]1(O)CCN(c2cnccn2)C1)c1ccc2c(c1)CCC2. The molecule has 2 aliphatic rings. The second-order valence-corrected chi connectivity index (χ2v) is 6.98. The van der Waals surface area contributed by atoms with Crippen LogP contribution in [-0.4, -0.2) is 46.2 Å². The highest BCUT2D eigenvalue weighted by molar-refractivity contribution is 5.94. The van der Waals surface area contributed by atoms with E-state index >= 15 is 0 Å². The molecule has 1 aromatic carbocycles. The number of anilines is 1. The standard InChI is InChI=1S/C19H22N4O2/c24-18(16-5-4-14-2-1-3-15(14)10-16)22-12-19(25)6-9-23(13-19)17-11-20-7-8-21-17/h4-5,7-8,10-11,25H,1-3,6,9,12-13H2,(H,22,24)/t19-/m1/s1. The van der Waals surface area contributed by atoms with Crippen LogP contribution in [0.25, 0.3) is 0 Å². The number of nitrogens with one attached hydrogen (secondary N) is 1. The predicted octanol–water partition coefficient (Wildman–Crippen LogP) is 1.34. The van der Waals surface area contributed by atoms with E-state index in [4.69, 9.17) is 0 Å². The number of aryl methyl sites for hydroxylation is 2. The number of fused-ring (bicyclic) bond motifs is 1. The van der Waals surface area contributed by atoms with Crippen molar-refractivity contribution in [3.63, 3.8) is 0 Å². The molecule has 0 spiro atoms. The molecule has 0 bridgehead atoms. The van der Waals surface area contributed by atoms with Crippen molar-refractivity contribution in [2.75, 3.05) is 24.5 Å². The number of aliphatic hydroxyl groups is 1. The summed E-state index contributed by atoms with van der Waals surface area (Å²) >= 11 is 0. The van der Waals surface area contributed by atoms with E-state index in [9.17, 15) is 9.90 Å². The van der Waals surface area contributed by atoms with Crippen LogP contribution < -0.4 is 10.2 Å². The Kier molecular flexibility index (Phi) is 4.13. The van der Waals surface area contributed by atoms with Gasteiger partial charge in [0, 0.05) is 37.6 Å². The molecule has 0 radical (unpaired) electrons. The Hall–Kier alpha value is -2.47. The summed E-state index contributed by atoms with van der Waals surface area (Å²) in [7, 11) is 0. The lowest BCUT2D eigenvalue weighted by atomic mass is 10.0. The Morgan fingerprint density at radius 1 is 1.28 bits per heavy atom. The number of carbonyl (C=O) groups excluding carboxylic acids is 1. The quantitative estimate of drug-likeness (QED) is 0.879. The average Bonchev–Trinajstić information content (AvgIpc) is 3.27. The van der Waals surface area contributed by atoms with Gasteiger partial charge < -0.3 is 15.3 Å². The summed E-state index contributed by atoms with van der Waals surface area (Å²) in [6, 6.07) is 5.92. The van der Waals surface area contributed by atoms with Crippen LogP contribution in [0.2, 0.25) is 0 Å². The number of carbonyl (C=O) groups is 1. The molecule has 2 heterocycles. The van der Waals surface area contributed by atoms with Gasteiger partial charge in [0.05, 0.1) is 6.20 Å². The van der Waals surface area contributed by atoms with E-state index in [1.54, 1.807) is 18.6 Å². The Balaban J connectivity index is 1.37. The van der Waals surface area contributed by atoms with E-state index < -0.39 is 5.60 Å². The van der Waals surface area contributed by atoms with Crippen molar-refractivity contribution in [3.8, 4) is 0 Å². The Morgan fingerprint density at radius 2 is 2.16 bits per heavy atom. The van der Waals surface area contributed by atoms with Crippen LogP contribution in [0, 0.1) is 0 Å². The minimum Gasteiger partial charge on any atom is -0.386 e. The van der Waals surface area contributed by atoms with Gasteiger partial charge in [-0.15, -0.1) is 0 Å². The smallest absolute Gasteiger partial charge is 0.251 e. The number of rotatable bonds is 4. The number of hydrogen-bond donors (Lipinski definition) is 2. The van der Waals surface area contributed by atoms with Gasteiger partial charge in [0.1, 0.15) is 11.4 Å². The summed E-state index contributed by atoms with van der Waals surface area (Å²) in [6.45, 7) is 1.37. The first-order chi connectivity index (χ1) is 12.1. The zero-order valence-corrected chi connectivity index (χ0v) is 14.1. The maximum absolute atomic E-state index is 12.4. The molecule has 0 saturated carbocycles. The Morgan fingerprint density at radius 3 is 3.00 bits per heavy atom. The van der Waals surface area contributed by atoms with Gasteiger partial charge in [0.25, 0.3) is 5.91 Å². The lowest BCUT2D eigenvalue weighted by Gasteiger charge is -2.24. The molecule has 4 rings (SSSR count). The predicted molar refractivity (Wildman–Crippen MR) is 94.6 cm³/mol. The molecule has 1 atom stereocenters. The highest BCUT2D eigenvalue weighted by Crippen LogP contribution is 2.25. The molecule has 1 aliphatic heterocycles. The first-order valence-corrected chi connectivity index (χ1v) is 8.76. The number of nitrogens with zero attached hydrogens (tertiary/aromatic N) is 3. The van der Waals surface area contributed by atoms with E-state index in [0.29, 0.717) is 25.1 Å². The number of β-amino-alcohol motifs (C(OH)–C–C–N with tert-alkyl or cyclic N) is 1. The Labute approximate surface area is 146 Å². The van der Waals surface area contributed by atoms with Crippen LogP contribution in [-0.2, 0) is 12.8 Å². The number of aromatic nitrogens is 2. The number of amides is 1. The molecule has 1 aliphatic carbocycles. The molecule has 130 valence electrons. The molecule has 0 unspecified atom stereocenters. The first kappa shape index (κ1) is 16.0. The van der Waals surface area contributed by atoms with Crippen LogP contribution in [0.1, 0.15) is 34.3 Å². The normalized spacial score (nSPS) is 22.0. The highest BCUT2D eigenvalue weighted by Gasteiger charge is 2.37. The van der Waals surface area contributed by atoms with Crippen LogP contribution in [0.15, 0.2) is 36.8 Å². The second kappa shape index (κ2) is 6.44. The van der Waals surface area contributed by atoms with Gasteiger partial charge in [0.2, 0.25) is 0 Å². The third kappa shape index (κ3) is 3.35. The van der Waals surface area contributed by atoms with Crippen molar-refractivity contribution in [3.05, 3.63) is 53.5 Å². The number of hydrogen-bond acceptors (Lipinski definition) is 5. The van der Waals surface area contributed by atoms with Crippen molar-refractivity contribution in [1.82, 2.24) is 15.3 Å². The Bertz CT molecular complexity index is 780. The molecule has 1 saturated heterocycles. The van der Waals surface area contributed by atoms with Gasteiger partial charge in [-0.2, -0.15) is 0 Å². The molecule has 2 N–H and O–H groups in total. The molecule has 1 amide bonds. The van der Waals surface area contributed by atoms with Gasteiger partial charge in [-0.25, -0.2) is 4.98 Å². The van der Waals surface area contributed by atoms with E-state index in [2.05, 4.69) is 21.4 Å². The summed E-state index contributed by atoms with van der Waals surface area (Å²) in [4.78, 5) is 22.8. The molecule has 2 aromatic rings. The fourth-order valence-corrected chi connectivity index (χ4v) is 3.71. The molecule has 25 heavy (non-hydrogen) atoms. The van der Waals surface area contributed by atoms with Gasteiger partial charge in [0.15, 0.2) is 0 Å². The summed E-state index contributed by atoms with van der Waals surface area (Å²) in [6.07, 6.45) is 8.87. The molecule has 1 aromatic heterocycles. The fourth-order valence-electron chi connectivity index (χ4n) is 3.71. The monoisotopic (exact) mass is 338 g/mol. The molecule has 6 nitrogen and oxygen atoms in total. The van der Waals surface area contributed by atoms with Crippen molar-refractivity contribution < 1.29 is 9.90 Å². The fraction of sp³-hybridized carbons (Fsp3) is 0.421. The molecular formula is C19H22N4O2. The second-order valence-electron chi connectivity index (χ2n) is 6.98. The lowest BCUT2D eigenvalue weighted by molar-refractivity contribution is 0.0575. The van der Waals surface area contributed by atoms with Crippen LogP contribution >= 0.6 is 0 Å². The highest BCUT2D eigenvalue weighted by atomic mass is 16.3. The van der Waals surface area contributed by atoms with Gasteiger partial charge in [-0.3, -0.25) is 9.78 Å². The largest absolute Gasteiger partial charge is 0.386 e. The number of benzene rings is 1. The molecular weight excluding hydrogens is 316 g/mol. The minimum atomic E-state index is -0.941. The maximum Gasteiger partial charge on any atom is 0.251 e. The minimum absolute atomic E-state index is 0.124. The van der Waals surface area contributed by atoms with Gasteiger partial charge in [-0.05, 0) is 48.9 Å². The van der Waals surface area contributed by atoms with Crippen molar-refractivity contribution in [1.29, 1.82) is 0 Å². The van der Waals surface area contributed by atoms with E-state index in [1.807, 2.05) is 17.0 Å². The van der Waals surface area contributed by atoms with Crippen molar-refractivity contribution in [2.24, 2.45) is 0 Å². The van der Waals surface area contributed by atoms with E-state index in [0.717, 1.165) is 18.7 Å². The van der Waals surface area contributed by atoms with Crippen molar-refractivity contribution >= 4 is 11.7 Å². The lowest BCUT2D eigenvalue weighted by Crippen LogP contribution is -2.45. The third-order valence-electron chi connectivity index (χ3n) is 5.14.